The number of nitrogens with zero attached hydrogens (tertiary/aromatic N) is 2. The minimum absolute atomic E-state index is 0.132. The van der Waals surface area contributed by atoms with E-state index in [1.807, 2.05) is 42.5 Å². The highest BCUT2D eigenvalue weighted by molar-refractivity contribution is 5.96. The van der Waals surface area contributed by atoms with Gasteiger partial charge in [-0.3, -0.25) is 4.79 Å². The van der Waals surface area contributed by atoms with Gasteiger partial charge in [-0.15, -0.1) is 0 Å². The second kappa shape index (κ2) is 11.6. The second-order valence-corrected chi connectivity index (χ2v) is 8.80. The zero-order chi connectivity index (χ0) is 24.6. The molecule has 0 fully saturated rings. The monoisotopic (exact) mass is 471 g/mol. The van der Waals surface area contributed by atoms with Crippen molar-refractivity contribution in [1.82, 2.24) is 14.9 Å². The van der Waals surface area contributed by atoms with E-state index in [2.05, 4.69) is 41.9 Å². The molecule has 0 saturated carbocycles. The van der Waals surface area contributed by atoms with Gasteiger partial charge in [0.2, 0.25) is 0 Å². The molecule has 0 unspecified atom stereocenters. The molecule has 0 atom stereocenters. The van der Waals surface area contributed by atoms with E-state index in [-0.39, 0.29) is 5.91 Å². The average molecular weight is 472 g/mol. The topological polar surface area (TPSA) is 65.4 Å². The van der Waals surface area contributed by atoms with Crippen molar-refractivity contribution in [1.29, 1.82) is 0 Å². The minimum Gasteiger partial charge on any atom is -0.496 e. The van der Waals surface area contributed by atoms with Gasteiger partial charge in [0.05, 0.1) is 30.3 Å². The van der Waals surface area contributed by atoms with Crippen LogP contribution in [0.4, 0.5) is 0 Å². The van der Waals surface area contributed by atoms with Gasteiger partial charge >= 0.3 is 0 Å². The van der Waals surface area contributed by atoms with Gasteiger partial charge in [-0.25, -0.2) is 4.98 Å². The number of aromatic nitrogens is 2. The molecule has 182 valence electrons. The third-order valence-electron chi connectivity index (χ3n) is 6.08. The molecular formula is C29H33N3O3. The lowest BCUT2D eigenvalue weighted by Crippen LogP contribution is -2.25. The molecule has 0 aliphatic heterocycles. The van der Waals surface area contributed by atoms with Gasteiger partial charge in [0, 0.05) is 13.0 Å². The van der Waals surface area contributed by atoms with E-state index >= 15 is 0 Å². The van der Waals surface area contributed by atoms with E-state index in [0.717, 1.165) is 35.4 Å². The first-order chi connectivity index (χ1) is 17.1. The summed E-state index contributed by atoms with van der Waals surface area (Å²) in [7, 11) is 1.57. The van der Waals surface area contributed by atoms with Crippen molar-refractivity contribution in [2.45, 2.75) is 39.2 Å². The number of ether oxygens (including phenoxy) is 2. The Kier molecular flexibility index (Phi) is 8.03. The van der Waals surface area contributed by atoms with E-state index in [1.165, 1.54) is 5.56 Å². The Morgan fingerprint density at radius 1 is 1.00 bits per heavy atom. The van der Waals surface area contributed by atoms with Crippen LogP contribution in [-0.2, 0) is 13.0 Å². The molecule has 0 aliphatic carbocycles. The number of carbonyl (C=O) groups is 1. The van der Waals surface area contributed by atoms with Crippen LogP contribution in [0.5, 0.6) is 11.5 Å². The number of benzene rings is 3. The number of methoxy groups -OCH3 is 1. The maximum atomic E-state index is 12.5. The molecule has 6 heteroatoms. The van der Waals surface area contributed by atoms with E-state index in [4.69, 9.17) is 14.5 Å². The number of hydrogen-bond acceptors (Lipinski definition) is 4. The van der Waals surface area contributed by atoms with Crippen molar-refractivity contribution in [3.63, 3.8) is 0 Å². The summed E-state index contributed by atoms with van der Waals surface area (Å²) in [6.45, 7) is 6.18. The molecule has 0 spiro atoms. The molecule has 1 amide bonds. The van der Waals surface area contributed by atoms with Gasteiger partial charge < -0.3 is 19.4 Å². The first-order valence-electron chi connectivity index (χ1n) is 12.1. The van der Waals surface area contributed by atoms with Crippen molar-refractivity contribution < 1.29 is 14.3 Å². The van der Waals surface area contributed by atoms with Crippen molar-refractivity contribution in [3.05, 3.63) is 89.7 Å². The Morgan fingerprint density at radius 2 is 1.74 bits per heavy atom. The van der Waals surface area contributed by atoms with E-state index < -0.39 is 0 Å². The number of hydrogen-bond donors (Lipinski definition) is 1. The standard InChI is InChI=1S/C29H33N3O3/c1-21(2)22-14-16-23(17-15-22)35-20-19-32-26-11-6-5-10-25(26)31-28(32)13-8-18-30-29(33)24-9-4-7-12-27(24)34-3/h4-7,9-12,14-17,21H,8,13,18-20H2,1-3H3,(H,30,33). The molecule has 0 bridgehead atoms. The molecule has 3 aromatic carbocycles. The van der Waals surface area contributed by atoms with Gasteiger partial charge in [0.1, 0.15) is 23.9 Å². The van der Waals surface area contributed by atoms with E-state index in [9.17, 15) is 4.79 Å². The van der Waals surface area contributed by atoms with E-state index in [1.54, 1.807) is 19.2 Å². The molecule has 35 heavy (non-hydrogen) atoms. The molecule has 0 radical (unpaired) electrons. The summed E-state index contributed by atoms with van der Waals surface area (Å²) in [5, 5.41) is 2.99. The fraction of sp³-hybridized carbons (Fsp3) is 0.310. The Morgan fingerprint density at radius 3 is 2.51 bits per heavy atom. The maximum absolute atomic E-state index is 12.5. The number of amides is 1. The van der Waals surface area contributed by atoms with Crippen LogP contribution in [-0.4, -0.2) is 35.7 Å². The summed E-state index contributed by atoms with van der Waals surface area (Å²) in [4.78, 5) is 17.4. The van der Waals surface area contributed by atoms with Crippen molar-refractivity contribution in [2.24, 2.45) is 0 Å². The lowest BCUT2D eigenvalue weighted by Gasteiger charge is -2.12. The molecular weight excluding hydrogens is 438 g/mol. The molecule has 1 heterocycles. The number of rotatable bonds is 11. The molecule has 1 aromatic heterocycles. The molecule has 0 saturated heterocycles. The van der Waals surface area contributed by atoms with Gasteiger partial charge in [0.25, 0.3) is 5.91 Å². The number of imidazole rings is 1. The highest BCUT2D eigenvalue weighted by Gasteiger charge is 2.13. The lowest BCUT2D eigenvalue weighted by atomic mass is 10.0. The van der Waals surface area contributed by atoms with Crippen LogP contribution in [0.1, 0.15) is 47.9 Å². The average Bonchev–Trinajstić information content (AvgIpc) is 3.24. The third kappa shape index (κ3) is 6.01. The number of carbonyl (C=O) groups excluding carboxylic acids is 1. The molecule has 4 aromatic rings. The summed E-state index contributed by atoms with van der Waals surface area (Å²) in [5.74, 6) is 2.82. The fourth-order valence-electron chi connectivity index (χ4n) is 4.15. The number of aryl methyl sites for hydroxylation is 1. The fourth-order valence-corrected chi connectivity index (χ4v) is 4.15. The number of para-hydroxylation sites is 3. The summed E-state index contributed by atoms with van der Waals surface area (Å²) in [6, 6.07) is 23.7. The van der Waals surface area contributed by atoms with Crippen LogP contribution < -0.4 is 14.8 Å². The second-order valence-electron chi connectivity index (χ2n) is 8.80. The van der Waals surface area contributed by atoms with Crippen molar-refractivity contribution in [2.75, 3.05) is 20.3 Å². The summed E-state index contributed by atoms with van der Waals surface area (Å²) >= 11 is 0. The minimum atomic E-state index is -0.132. The predicted molar refractivity (Wildman–Crippen MR) is 139 cm³/mol. The van der Waals surface area contributed by atoms with Crippen LogP contribution in [0.3, 0.4) is 0 Å². The normalized spacial score (nSPS) is 11.1. The summed E-state index contributed by atoms with van der Waals surface area (Å²) in [5.41, 5.74) is 3.92. The zero-order valence-corrected chi connectivity index (χ0v) is 20.7. The molecule has 4 rings (SSSR count). The van der Waals surface area contributed by atoms with Crippen LogP contribution in [0.25, 0.3) is 11.0 Å². The van der Waals surface area contributed by atoms with Crippen LogP contribution in [0.2, 0.25) is 0 Å². The Balaban J connectivity index is 1.36. The summed E-state index contributed by atoms with van der Waals surface area (Å²) in [6.07, 6.45) is 1.53. The van der Waals surface area contributed by atoms with Gasteiger partial charge in [-0.05, 0) is 54.3 Å². The Hall–Kier alpha value is -3.80. The van der Waals surface area contributed by atoms with Crippen LogP contribution in [0.15, 0.2) is 72.8 Å². The Labute approximate surface area is 206 Å². The number of nitrogens with one attached hydrogen (secondary N) is 1. The van der Waals surface area contributed by atoms with Crippen LogP contribution in [0, 0.1) is 0 Å². The van der Waals surface area contributed by atoms with Gasteiger partial charge in [-0.1, -0.05) is 50.2 Å². The quantitative estimate of drug-likeness (QED) is 0.289. The smallest absolute Gasteiger partial charge is 0.255 e. The van der Waals surface area contributed by atoms with Gasteiger partial charge in [-0.2, -0.15) is 0 Å². The highest BCUT2D eigenvalue weighted by atomic mass is 16.5. The highest BCUT2D eigenvalue weighted by Crippen LogP contribution is 2.20. The largest absolute Gasteiger partial charge is 0.496 e. The van der Waals surface area contributed by atoms with E-state index in [0.29, 0.717) is 36.9 Å². The first kappa shape index (κ1) is 24.3. The Bertz CT molecular complexity index is 1260. The summed E-state index contributed by atoms with van der Waals surface area (Å²) < 4.78 is 13.5. The van der Waals surface area contributed by atoms with Crippen LogP contribution >= 0.6 is 0 Å². The van der Waals surface area contributed by atoms with Gasteiger partial charge in [0.15, 0.2) is 0 Å². The molecule has 0 aliphatic rings. The van der Waals surface area contributed by atoms with Crippen molar-refractivity contribution >= 4 is 16.9 Å². The lowest BCUT2D eigenvalue weighted by molar-refractivity contribution is 0.0950. The molecule has 1 N–H and O–H groups in total. The maximum Gasteiger partial charge on any atom is 0.255 e. The predicted octanol–water partition coefficient (Wildman–Crippen LogP) is 5.61. The molecule has 6 nitrogen and oxygen atoms in total. The third-order valence-corrected chi connectivity index (χ3v) is 6.08. The van der Waals surface area contributed by atoms with Crippen molar-refractivity contribution in [3.8, 4) is 11.5 Å². The number of fused-ring (bicyclic) bond motifs is 1. The zero-order valence-electron chi connectivity index (χ0n) is 20.7. The first-order valence-corrected chi connectivity index (χ1v) is 12.1. The SMILES string of the molecule is COc1ccccc1C(=O)NCCCc1nc2ccccc2n1CCOc1ccc(C(C)C)cc1.